The Morgan fingerprint density at radius 3 is 2.74 bits per heavy atom. The van der Waals surface area contributed by atoms with Gasteiger partial charge in [-0.3, -0.25) is 9.59 Å². The summed E-state index contributed by atoms with van der Waals surface area (Å²) in [5, 5.41) is 23.2. The standard InChI is InChI=1S/C12H14BrNO4S/c13-10-3-8(5-19-10)11(16)14-4-7-1-6(12(17)18)2-9(7)15/h3,5-7,9,15H,1-2,4H2,(H,14,16)(H,17,18)/t6?,7-,9-/m1/s1. The number of amides is 1. The predicted octanol–water partition coefficient (Wildman–Crippen LogP) is 1.71. The lowest BCUT2D eigenvalue weighted by atomic mass is 10.0. The van der Waals surface area contributed by atoms with Crippen LogP contribution in [0.3, 0.4) is 0 Å². The average Bonchev–Trinajstić information content (AvgIpc) is 2.93. The maximum Gasteiger partial charge on any atom is 0.306 e. The number of hydrogen-bond donors (Lipinski definition) is 3. The molecule has 1 unspecified atom stereocenters. The number of aliphatic hydroxyl groups excluding tert-OH is 1. The van der Waals surface area contributed by atoms with Crippen molar-refractivity contribution in [1.29, 1.82) is 0 Å². The summed E-state index contributed by atoms with van der Waals surface area (Å²) in [6.45, 7) is 0.303. The first-order valence-electron chi connectivity index (χ1n) is 5.90. The van der Waals surface area contributed by atoms with Crippen molar-refractivity contribution in [3.63, 3.8) is 0 Å². The van der Waals surface area contributed by atoms with E-state index < -0.39 is 18.0 Å². The van der Waals surface area contributed by atoms with E-state index in [0.717, 1.165) is 3.79 Å². The van der Waals surface area contributed by atoms with E-state index in [-0.39, 0.29) is 18.2 Å². The summed E-state index contributed by atoms with van der Waals surface area (Å²) in [6.07, 6.45) is 0.0138. The zero-order valence-corrected chi connectivity index (χ0v) is 12.4. The molecule has 3 N–H and O–H groups in total. The van der Waals surface area contributed by atoms with Crippen molar-refractivity contribution in [3.05, 3.63) is 20.8 Å². The molecule has 104 valence electrons. The van der Waals surface area contributed by atoms with Gasteiger partial charge in [-0.2, -0.15) is 0 Å². The third-order valence-corrected chi connectivity index (χ3v) is 4.87. The van der Waals surface area contributed by atoms with E-state index >= 15 is 0 Å². The van der Waals surface area contributed by atoms with Crippen LogP contribution in [0.2, 0.25) is 0 Å². The highest BCUT2D eigenvalue weighted by molar-refractivity contribution is 9.11. The molecule has 0 aliphatic heterocycles. The average molecular weight is 348 g/mol. The lowest BCUT2D eigenvalue weighted by Crippen LogP contribution is -2.32. The molecule has 1 heterocycles. The second-order valence-corrected chi connectivity index (χ2v) is 6.97. The van der Waals surface area contributed by atoms with Crippen molar-refractivity contribution in [2.75, 3.05) is 6.54 Å². The topological polar surface area (TPSA) is 86.6 Å². The van der Waals surface area contributed by atoms with E-state index in [2.05, 4.69) is 21.2 Å². The van der Waals surface area contributed by atoms with Crippen LogP contribution in [-0.2, 0) is 4.79 Å². The third kappa shape index (κ3) is 3.55. The summed E-state index contributed by atoms with van der Waals surface area (Å²) in [4.78, 5) is 22.7. The molecule has 1 saturated carbocycles. The Hall–Kier alpha value is -0.920. The van der Waals surface area contributed by atoms with Gasteiger partial charge in [0.15, 0.2) is 0 Å². The number of aliphatic carboxylic acids is 1. The van der Waals surface area contributed by atoms with Gasteiger partial charge in [0.1, 0.15) is 0 Å². The highest BCUT2D eigenvalue weighted by Gasteiger charge is 2.36. The number of nitrogens with one attached hydrogen (secondary N) is 1. The van der Waals surface area contributed by atoms with Crippen molar-refractivity contribution < 1.29 is 19.8 Å². The molecule has 1 aromatic heterocycles. The van der Waals surface area contributed by atoms with Crippen LogP contribution in [0.4, 0.5) is 0 Å². The van der Waals surface area contributed by atoms with Crippen LogP contribution in [0, 0.1) is 11.8 Å². The van der Waals surface area contributed by atoms with Gasteiger partial charge in [0.2, 0.25) is 0 Å². The Kier molecular flexibility index (Phi) is 4.59. The van der Waals surface area contributed by atoms with E-state index in [4.69, 9.17) is 5.11 Å². The molecule has 0 saturated heterocycles. The minimum atomic E-state index is -0.880. The van der Waals surface area contributed by atoms with Crippen molar-refractivity contribution in [1.82, 2.24) is 5.32 Å². The molecule has 1 aromatic rings. The SMILES string of the molecule is O=C(NC[C@H]1CC(C(=O)O)C[C@H]1O)c1csc(Br)c1. The van der Waals surface area contributed by atoms with Gasteiger partial charge in [-0.05, 0) is 34.8 Å². The molecule has 19 heavy (non-hydrogen) atoms. The molecule has 0 bridgehead atoms. The number of rotatable bonds is 4. The van der Waals surface area contributed by atoms with E-state index in [0.29, 0.717) is 18.5 Å². The molecule has 0 radical (unpaired) electrons. The summed E-state index contributed by atoms with van der Waals surface area (Å²) < 4.78 is 0.879. The minimum Gasteiger partial charge on any atom is -0.481 e. The summed E-state index contributed by atoms with van der Waals surface area (Å²) in [5.74, 6) is -1.78. The van der Waals surface area contributed by atoms with Gasteiger partial charge in [-0.25, -0.2) is 0 Å². The summed E-state index contributed by atoms with van der Waals surface area (Å²) in [6, 6.07) is 1.73. The molecule has 1 fully saturated rings. The minimum absolute atomic E-state index is 0.188. The van der Waals surface area contributed by atoms with Crippen molar-refractivity contribution in [2.24, 2.45) is 11.8 Å². The van der Waals surface area contributed by atoms with Crippen molar-refractivity contribution >= 4 is 39.1 Å². The smallest absolute Gasteiger partial charge is 0.306 e. The Bertz CT molecular complexity index is 490. The molecular formula is C12H14BrNO4S. The molecule has 0 aromatic carbocycles. The normalized spacial score (nSPS) is 26.3. The lowest BCUT2D eigenvalue weighted by molar-refractivity contribution is -0.141. The Morgan fingerprint density at radius 2 is 2.21 bits per heavy atom. The summed E-state index contributed by atoms with van der Waals surface area (Å²) in [5.41, 5.74) is 0.569. The highest BCUT2D eigenvalue weighted by Crippen LogP contribution is 2.31. The van der Waals surface area contributed by atoms with Gasteiger partial charge in [0, 0.05) is 17.8 Å². The zero-order valence-electron chi connectivity index (χ0n) is 10.0. The van der Waals surface area contributed by atoms with Gasteiger partial charge in [0.25, 0.3) is 5.91 Å². The molecule has 1 aliphatic carbocycles. The first-order chi connectivity index (χ1) is 8.97. The molecule has 2 rings (SSSR count). The number of aliphatic hydroxyl groups is 1. The molecule has 5 nitrogen and oxygen atoms in total. The zero-order chi connectivity index (χ0) is 14.0. The summed E-state index contributed by atoms with van der Waals surface area (Å²) in [7, 11) is 0. The van der Waals surface area contributed by atoms with Crippen LogP contribution < -0.4 is 5.32 Å². The molecule has 1 aliphatic rings. The maximum absolute atomic E-state index is 11.8. The third-order valence-electron chi connectivity index (χ3n) is 3.36. The Balaban J connectivity index is 1.86. The molecule has 7 heteroatoms. The first-order valence-corrected chi connectivity index (χ1v) is 7.57. The molecular weight excluding hydrogens is 334 g/mol. The largest absolute Gasteiger partial charge is 0.481 e. The van der Waals surface area contributed by atoms with Crippen LogP contribution in [-0.4, -0.2) is 34.7 Å². The van der Waals surface area contributed by atoms with Crippen molar-refractivity contribution in [3.8, 4) is 0 Å². The van der Waals surface area contributed by atoms with Crippen LogP contribution in [0.5, 0.6) is 0 Å². The van der Waals surface area contributed by atoms with Gasteiger partial charge < -0.3 is 15.5 Å². The van der Waals surface area contributed by atoms with E-state index in [1.807, 2.05) is 0 Å². The van der Waals surface area contributed by atoms with Crippen LogP contribution in [0.15, 0.2) is 15.2 Å². The van der Waals surface area contributed by atoms with Gasteiger partial charge in [-0.1, -0.05) is 0 Å². The number of halogens is 1. The Morgan fingerprint density at radius 1 is 1.47 bits per heavy atom. The monoisotopic (exact) mass is 347 g/mol. The number of hydrogen-bond acceptors (Lipinski definition) is 4. The molecule has 3 atom stereocenters. The van der Waals surface area contributed by atoms with Gasteiger partial charge >= 0.3 is 5.97 Å². The number of carboxylic acid groups (broad SMARTS) is 1. The highest BCUT2D eigenvalue weighted by atomic mass is 79.9. The predicted molar refractivity (Wildman–Crippen MR) is 74.2 cm³/mol. The number of carboxylic acids is 1. The van der Waals surface area contributed by atoms with E-state index in [1.165, 1.54) is 11.3 Å². The fourth-order valence-corrected chi connectivity index (χ4v) is 3.42. The van der Waals surface area contributed by atoms with Crippen molar-refractivity contribution in [2.45, 2.75) is 18.9 Å². The Labute approximate surface area is 122 Å². The fourth-order valence-electron chi connectivity index (χ4n) is 2.28. The van der Waals surface area contributed by atoms with Gasteiger partial charge in [0.05, 0.1) is 21.4 Å². The van der Waals surface area contributed by atoms with E-state index in [9.17, 15) is 14.7 Å². The maximum atomic E-state index is 11.8. The quantitative estimate of drug-likeness (QED) is 0.773. The lowest BCUT2D eigenvalue weighted by Gasteiger charge is -2.14. The number of carbonyl (C=O) groups is 2. The first kappa shape index (κ1) is 14.5. The van der Waals surface area contributed by atoms with Crippen LogP contribution in [0.25, 0.3) is 0 Å². The van der Waals surface area contributed by atoms with Crippen LogP contribution >= 0.6 is 27.3 Å². The second kappa shape index (κ2) is 6.02. The number of carbonyl (C=O) groups excluding carboxylic acids is 1. The number of thiophene rings is 1. The second-order valence-electron chi connectivity index (χ2n) is 4.68. The van der Waals surface area contributed by atoms with Gasteiger partial charge in [-0.15, -0.1) is 11.3 Å². The molecule has 0 spiro atoms. The summed E-state index contributed by atoms with van der Waals surface area (Å²) >= 11 is 4.71. The molecule has 1 amide bonds. The van der Waals surface area contributed by atoms with E-state index in [1.54, 1.807) is 11.4 Å². The van der Waals surface area contributed by atoms with Crippen LogP contribution in [0.1, 0.15) is 23.2 Å². The fraction of sp³-hybridized carbons (Fsp3) is 0.500.